The van der Waals surface area contributed by atoms with Gasteiger partial charge in [0.25, 0.3) is 0 Å². The third-order valence-corrected chi connectivity index (χ3v) is 3.98. The van der Waals surface area contributed by atoms with Crippen molar-refractivity contribution in [2.24, 2.45) is 0 Å². The summed E-state index contributed by atoms with van der Waals surface area (Å²) in [5, 5.41) is 9.09. The fraction of sp³-hybridized carbons (Fsp3) is 0.158. The molecule has 122 valence electrons. The zero-order chi connectivity index (χ0) is 17.3. The molecule has 0 unspecified atom stereocenters. The number of aliphatic hydroxyl groups excluding tert-OH is 1. The fourth-order valence-corrected chi connectivity index (χ4v) is 2.81. The Balaban J connectivity index is 2.08. The van der Waals surface area contributed by atoms with E-state index in [1.165, 1.54) is 12.1 Å². The second-order valence-electron chi connectivity index (χ2n) is 5.80. The number of aliphatic hydroxyl groups is 1. The van der Waals surface area contributed by atoms with Crippen molar-refractivity contribution >= 4 is 0 Å². The largest absolute Gasteiger partial charge is 0.392 e. The molecular formula is C19H18N2O3. The Hall–Kier alpha value is -2.92. The molecule has 0 amide bonds. The quantitative estimate of drug-likeness (QED) is 0.692. The molecule has 0 atom stereocenters. The van der Waals surface area contributed by atoms with Crippen molar-refractivity contribution < 1.29 is 5.11 Å². The first-order chi connectivity index (χ1) is 11.5. The molecular weight excluding hydrogens is 304 g/mol. The molecule has 5 nitrogen and oxygen atoms in total. The van der Waals surface area contributed by atoms with Crippen LogP contribution in [0.2, 0.25) is 0 Å². The molecule has 2 heterocycles. The highest BCUT2D eigenvalue weighted by atomic mass is 16.3. The molecule has 3 aromatic rings. The van der Waals surface area contributed by atoms with Crippen LogP contribution in [0.25, 0.3) is 22.4 Å². The van der Waals surface area contributed by atoms with Gasteiger partial charge in [0, 0.05) is 35.4 Å². The second-order valence-corrected chi connectivity index (χ2v) is 5.80. The summed E-state index contributed by atoms with van der Waals surface area (Å²) in [6.45, 7) is 3.57. The van der Waals surface area contributed by atoms with Gasteiger partial charge in [0.05, 0.1) is 17.7 Å². The highest BCUT2D eigenvalue weighted by Crippen LogP contribution is 2.19. The average Bonchev–Trinajstić information content (AvgIpc) is 2.55. The van der Waals surface area contributed by atoms with Crippen molar-refractivity contribution in [3.05, 3.63) is 80.0 Å². The zero-order valence-electron chi connectivity index (χ0n) is 13.5. The summed E-state index contributed by atoms with van der Waals surface area (Å²) in [7, 11) is 0. The zero-order valence-corrected chi connectivity index (χ0v) is 13.5. The molecule has 24 heavy (non-hydrogen) atoms. The summed E-state index contributed by atoms with van der Waals surface area (Å²) in [5.41, 5.74) is 4.10. The minimum atomic E-state index is -0.215. The van der Waals surface area contributed by atoms with Crippen LogP contribution >= 0.6 is 0 Å². The van der Waals surface area contributed by atoms with E-state index in [-0.39, 0.29) is 17.5 Å². The van der Waals surface area contributed by atoms with Gasteiger partial charge >= 0.3 is 0 Å². The van der Waals surface area contributed by atoms with Crippen LogP contribution in [0.15, 0.2) is 52.2 Å². The third kappa shape index (κ3) is 2.94. The number of hydrogen-bond acceptors (Lipinski definition) is 3. The Morgan fingerprint density at radius 1 is 1.00 bits per heavy atom. The van der Waals surface area contributed by atoms with Crippen molar-refractivity contribution in [2.45, 2.75) is 20.5 Å². The first-order valence-electron chi connectivity index (χ1n) is 7.63. The molecule has 0 radical (unpaired) electrons. The Labute approximate surface area is 138 Å². The molecule has 5 heteroatoms. The number of rotatable bonds is 3. The monoisotopic (exact) mass is 322 g/mol. The van der Waals surface area contributed by atoms with Gasteiger partial charge in [-0.3, -0.25) is 9.59 Å². The summed E-state index contributed by atoms with van der Waals surface area (Å²) >= 11 is 0. The standard InChI is InChI=1S/C19H18N2O3/c1-11-7-18(24)19(12(2)21-11)15-9-20-16(8-17(15)23)14-5-3-13(10-22)4-6-14/h3-9,22H,10H2,1-2H3,(H,20,23)(H,21,24). The maximum Gasteiger partial charge on any atom is 0.190 e. The first-order valence-corrected chi connectivity index (χ1v) is 7.63. The Morgan fingerprint density at radius 3 is 2.29 bits per heavy atom. The molecule has 3 N–H and O–H groups in total. The summed E-state index contributed by atoms with van der Waals surface area (Å²) in [6, 6.07) is 10.2. The molecule has 0 fully saturated rings. The van der Waals surface area contributed by atoms with E-state index in [2.05, 4.69) is 9.97 Å². The minimum Gasteiger partial charge on any atom is -0.392 e. The number of H-pyrrole nitrogens is 2. The molecule has 0 aliphatic heterocycles. The van der Waals surface area contributed by atoms with E-state index >= 15 is 0 Å². The number of benzene rings is 1. The molecule has 0 saturated carbocycles. The number of hydrogen-bond donors (Lipinski definition) is 3. The molecule has 0 saturated heterocycles. The van der Waals surface area contributed by atoms with Crippen LogP contribution in [0.3, 0.4) is 0 Å². The van der Waals surface area contributed by atoms with Crippen LogP contribution in [0.4, 0.5) is 0 Å². The Kier molecular flexibility index (Phi) is 4.18. The number of nitrogens with one attached hydrogen (secondary N) is 2. The smallest absolute Gasteiger partial charge is 0.190 e. The SMILES string of the molecule is Cc1cc(=O)c(-c2c[nH]c(-c3ccc(CO)cc3)cc2=O)c(C)[nH]1. The maximum atomic E-state index is 12.5. The predicted octanol–water partition coefficient (Wildman–Crippen LogP) is 2.51. The van der Waals surface area contributed by atoms with E-state index in [9.17, 15) is 9.59 Å². The highest BCUT2D eigenvalue weighted by Gasteiger charge is 2.12. The Bertz CT molecular complexity index is 998. The lowest BCUT2D eigenvalue weighted by atomic mass is 10.0. The van der Waals surface area contributed by atoms with Gasteiger partial charge in [0.1, 0.15) is 0 Å². The van der Waals surface area contributed by atoms with Crippen molar-refractivity contribution in [3.8, 4) is 22.4 Å². The predicted molar refractivity (Wildman–Crippen MR) is 94.0 cm³/mol. The third-order valence-electron chi connectivity index (χ3n) is 3.98. The minimum absolute atomic E-state index is 0.0226. The van der Waals surface area contributed by atoms with Gasteiger partial charge < -0.3 is 15.1 Å². The van der Waals surface area contributed by atoms with Gasteiger partial charge in [-0.25, -0.2) is 0 Å². The van der Waals surface area contributed by atoms with Crippen LogP contribution in [-0.2, 0) is 6.61 Å². The maximum absolute atomic E-state index is 12.5. The van der Waals surface area contributed by atoms with E-state index in [0.717, 1.165) is 16.8 Å². The van der Waals surface area contributed by atoms with Crippen LogP contribution in [0.1, 0.15) is 17.0 Å². The summed E-state index contributed by atoms with van der Waals surface area (Å²) < 4.78 is 0. The van der Waals surface area contributed by atoms with Crippen molar-refractivity contribution in [2.75, 3.05) is 0 Å². The number of aromatic amines is 2. The lowest BCUT2D eigenvalue weighted by molar-refractivity contribution is 0.282. The average molecular weight is 322 g/mol. The fourth-order valence-electron chi connectivity index (χ4n) is 2.81. The molecule has 3 rings (SSSR count). The van der Waals surface area contributed by atoms with E-state index in [1.807, 2.05) is 19.1 Å². The molecule has 1 aromatic carbocycles. The van der Waals surface area contributed by atoms with E-state index in [1.54, 1.807) is 25.3 Å². The van der Waals surface area contributed by atoms with Crippen LogP contribution in [0, 0.1) is 13.8 Å². The van der Waals surface area contributed by atoms with Gasteiger partial charge in [-0.15, -0.1) is 0 Å². The second kappa shape index (κ2) is 6.29. The highest BCUT2D eigenvalue weighted by molar-refractivity contribution is 5.68. The number of aryl methyl sites for hydroxylation is 2. The molecule has 0 aliphatic rings. The van der Waals surface area contributed by atoms with Crippen molar-refractivity contribution in [1.29, 1.82) is 0 Å². The van der Waals surface area contributed by atoms with Gasteiger partial charge in [-0.1, -0.05) is 24.3 Å². The molecule has 0 spiro atoms. The van der Waals surface area contributed by atoms with Gasteiger partial charge in [0.15, 0.2) is 10.9 Å². The Morgan fingerprint density at radius 2 is 1.71 bits per heavy atom. The normalized spacial score (nSPS) is 10.8. The van der Waals surface area contributed by atoms with Crippen molar-refractivity contribution in [3.63, 3.8) is 0 Å². The van der Waals surface area contributed by atoms with E-state index < -0.39 is 0 Å². The van der Waals surface area contributed by atoms with Gasteiger partial charge in [-0.2, -0.15) is 0 Å². The summed E-state index contributed by atoms with van der Waals surface area (Å²) in [5.74, 6) is 0. The van der Waals surface area contributed by atoms with Crippen molar-refractivity contribution in [1.82, 2.24) is 9.97 Å². The molecule has 2 aromatic heterocycles. The van der Waals surface area contributed by atoms with Crippen LogP contribution < -0.4 is 10.9 Å². The number of aromatic nitrogens is 2. The molecule has 0 bridgehead atoms. The van der Waals surface area contributed by atoms with E-state index in [4.69, 9.17) is 5.11 Å². The van der Waals surface area contributed by atoms with Crippen LogP contribution in [-0.4, -0.2) is 15.1 Å². The lowest BCUT2D eigenvalue weighted by Crippen LogP contribution is -2.15. The van der Waals surface area contributed by atoms with Gasteiger partial charge in [-0.05, 0) is 25.0 Å². The van der Waals surface area contributed by atoms with E-state index in [0.29, 0.717) is 22.5 Å². The summed E-state index contributed by atoms with van der Waals surface area (Å²) in [6.07, 6.45) is 1.57. The topological polar surface area (TPSA) is 85.9 Å². The first kappa shape index (κ1) is 16.0. The number of pyridine rings is 2. The molecule has 0 aliphatic carbocycles. The van der Waals surface area contributed by atoms with Crippen LogP contribution in [0.5, 0.6) is 0 Å². The lowest BCUT2D eigenvalue weighted by Gasteiger charge is -2.08. The van der Waals surface area contributed by atoms with Gasteiger partial charge in [0.2, 0.25) is 0 Å². The summed E-state index contributed by atoms with van der Waals surface area (Å²) in [4.78, 5) is 30.9.